The molecular formula is C18H19NO2. The van der Waals surface area contributed by atoms with Crippen LogP contribution in [0.2, 0.25) is 0 Å². The van der Waals surface area contributed by atoms with Crippen molar-refractivity contribution in [3.8, 4) is 5.75 Å². The lowest BCUT2D eigenvalue weighted by Gasteiger charge is -2.26. The minimum Gasteiger partial charge on any atom is -0.493 e. The first-order valence-electron chi connectivity index (χ1n) is 7.25. The van der Waals surface area contributed by atoms with Crippen LogP contribution in [0.1, 0.15) is 39.5 Å². The lowest BCUT2D eigenvalue weighted by molar-refractivity contribution is 0.0924. The minimum atomic E-state index is -0.0193. The van der Waals surface area contributed by atoms with Gasteiger partial charge < -0.3 is 10.1 Å². The maximum Gasteiger partial charge on any atom is 0.252 e. The summed E-state index contributed by atoms with van der Waals surface area (Å²) in [5.41, 5.74) is 3.97. The van der Waals surface area contributed by atoms with Crippen molar-refractivity contribution in [1.82, 2.24) is 5.32 Å². The molecule has 0 fully saturated rings. The van der Waals surface area contributed by atoms with Crippen LogP contribution in [0.3, 0.4) is 0 Å². The van der Waals surface area contributed by atoms with Gasteiger partial charge in [-0.1, -0.05) is 35.9 Å². The van der Waals surface area contributed by atoms with Crippen LogP contribution in [0, 0.1) is 13.8 Å². The van der Waals surface area contributed by atoms with Gasteiger partial charge in [-0.3, -0.25) is 4.79 Å². The van der Waals surface area contributed by atoms with Crippen LogP contribution in [0.15, 0.2) is 42.5 Å². The monoisotopic (exact) mass is 281 g/mol. The van der Waals surface area contributed by atoms with Crippen molar-refractivity contribution in [2.24, 2.45) is 0 Å². The highest BCUT2D eigenvalue weighted by Crippen LogP contribution is 2.31. The summed E-state index contributed by atoms with van der Waals surface area (Å²) in [6.07, 6.45) is 0.799. The van der Waals surface area contributed by atoms with Gasteiger partial charge in [-0.05, 0) is 31.5 Å². The fourth-order valence-electron chi connectivity index (χ4n) is 2.80. The molecule has 108 valence electrons. The fraction of sp³-hybridized carbons (Fsp3) is 0.278. The Hall–Kier alpha value is -2.29. The molecule has 3 rings (SSSR count). The zero-order valence-electron chi connectivity index (χ0n) is 12.3. The second kappa shape index (κ2) is 5.60. The second-order valence-corrected chi connectivity index (χ2v) is 5.52. The van der Waals surface area contributed by atoms with Gasteiger partial charge in [0, 0.05) is 17.5 Å². The summed E-state index contributed by atoms with van der Waals surface area (Å²) in [4.78, 5) is 12.5. The Morgan fingerprint density at radius 1 is 1.19 bits per heavy atom. The summed E-state index contributed by atoms with van der Waals surface area (Å²) in [7, 11) is 0. The van der Waals surface area contributed by atoms with E-state index in [4.69, 9.17) is 4.74 Å². The molecule has 0 spiro atoms. The van der Waals surface area contributed by atoms with Gasteiger partial charge in [0.15, 0.2) is 0 Å². The highest BCUT2D eigenvalue weighted by molar-refractivity contribution is 5.96. The Morgan fingerprint density at radius 3 is 2.81 bits per heavy atom. The molecule has 21 heavy (non-hydrogen) atoms. The maximum atomic E-state index is 12.5. The minimum absolute atomic E-state index is 0.0168. The Bertz CT molecular complexity index is 679. The van der Waals surface area contributed by atoms with Crippen LogP contribution >= 0.6 is 0 Å². The number of carbonyl (C=O) groups is 1. The summed E-state index contributed by atoms with van der Waals surface area (Å²) in [6, 6.07) is 13.8. The standard InChI is InChI=1S/C18H19NO2/c1-12-7-8-14(13(2)11-12)18(20)19-16-9-10-21-17-6-4-3-5-15(16)17/h3-8,11,16H,9-10H2,1-2H3,(H,19,20). The number of nitrogens with one attached hydrogen (secondary N) is 1. The summed E-state index contributed by atoms with van der Waals surface area (Å²) in [5, 5.41) is 3.13. The van der Waals surface area contributed by atoms with E-state index in [1.165, 1.54) is 5.56 Å². The third-order valence-electron chi connectivity index (χ3n) is 3.89. The summed E-state index contributed by atoms with van der Waals surface area (Å²) in [6.45, 7) is 4.64. The molecule has 1 aliphatic rings. The summed E-state index contributed by atoms with van der Waals surface area (Å²) in [5.74, 6) is 0.851. The van der Waals surface area contributed by atoms with E-state index < -0.39 is 0 Å². The average molecular weight is 281 g/mol. The number of hydrogen-bond donors (Lipinski definition) is 1. The number of fused-ring (bicyclic) bond motifs is 1. The lowest BCUT2D eigenvalue weighted by Crippen LogP contribution is -2.32. The Morgan fingerprint density at radius 2 is 2.00 bits per heavy atom. The van der Waals surface area contributed by atoms with Gasteiger partial charge in [0.25, 0.3) is 5.91 Å². The van der Waals surface area contributed by atoms with Crippen molar-refractivity contribution < 1.29 is 9.53 Å². The van der Waals surface area contributed by atoms with E-state index in [-0.39, 0.29) is 11.9 Å². The number of carbonyl (C=O) groups excluding carboxylic acids is 1. The number of aryl methyl sites for hydroxylation is 2. The molecule has 0 aromatic heterocycles. The van der Waals surface area contributed by atoms with Gasteiger partial charge in [-0.25, -0.2) is 0 Å². The maximum absolute atomic E-state index is 12.5. The predicted octanol–water partition coefficient (Wildman–Crippen LogP) is 3.56. The molecule has 0 bridgehead atoms. The Balaban J connectivity index is 1.83. The van der Waals surface area contributed by atoms with E-state index >= 15 is 0 Å². The van der Waals surface area contributed by atoms with Crippen molar-refractivity contribution in [2.45, 2.75) is 26.3 Å². The van der Waals surface area contributed by atoms with Gasteiger partial charge in [-0.2, -0.15) is 0 Å². The van der Waals surface area contributed by atoms with Gasteiger partial charge in [-0.15, -0.1) is 0 Å². The van der Waals surface area contributed by atoms with Gasteiger partial charge >= 0.3 is 0 Å². The van der Waals surface area contributed by atoms with E-state index in [1.54, 1.807) is 0 Å². The predicted molar refractivity (Wildman–Crippen MR) is 82.7 cm³/mol. The average Bonchev–Trinajstić information content (AvgIpc) is 2.47. The van der Waals surface area contributed by atoms with Crippen LogP contribution in [0.5, 0.6) is 5.75 Å². The fourth-order valence-corrected chi connectivity index (χ4v) is 2.80. The first-order valence-corrected chi connectivity index (χ1v) is 7.25. The molecule has 2 aromatic carbocycles. The zero-order chi connectivity index (χ0) is 14.8. The van der Waals surface area contributed by atoms with Crippen molar-refractivity contribution in [2.75, 3.05) is 6.61 Å². The molecule has 3 nitrogen and oxygen atoms in total. The van der Waals surface area contributed by atoms with Crippen molar-refractivity contribution in [3.05, 3.63) is 64.7 Å². The first kappa shape index (κ1) is 13.7. The molecule has 2 aromatic rings. The largest absolute Gasteiger partial charge is 0.493 e. The summed E-state index contributed by atoms with van der Waals surface area (Å²) < 4.78 is 5.63. The number of hydrogen-bond acceptors (Lipinski definition) is 2. The van der Waals surface area contributed by atoms with E-state index in [9.17, 15) is 4.79 Å². The summed E-state index contributed by atoms with van der Waals surface area (Å²) >= 11 is 0. The molecule has 0 aliphatic carbocycles. The van der Waals surface area contributed by atoms with Crippen LogP contribution in [0.4, 0.5) is 0 Å². The lowest BCUT2D eigenvalue weighted by atomic mass is 9.99. The number of benzene rings is 2. The highest BCUT2D eigenvalue weighted by Gasteiger charge is 2.23. The first-order chi connectivity index (χ1) is 10.1. The topological polar surface area (TPSA) is 38.3 Å². The molecule has 0 radical (unpaired) electrons. The third kappa shape index (κ3) is 2.77. The van der Waals surface area contributed by atoms with Crippen molar-refractivity contribution in [3.63, 3.8) is 0 Å². The highest BCUT2D eigenvalue weighted by atomic mass is 16.5. The molecule has 3 heteroatoms. The number of para-hydroxylation sites is 1. The zero-order valence-corrected chi connectivity index (χ0v) is 12.3. The Kier molecular flexibility index (Phi) is 3.65. The quantitative estimate of drug-likeness (QED) is 0.914. The molecule has 0 saturated carbocycles. The molecule has 1 heterocycles. The molecule has 1 atom stereocenters. The third-order valence-corrected chi connectivity index (χ3v) is 3.89. The second-order valence-electron chi connectivity index (χ2n) is 5.52. The van der Waals surface area contributed by atoms with Crippen molar-refractivity contribution in [1.29, 1.82) is 0 Å². The van der Waals surface area contributed by atoms with Crippen LogP contribution in [-0.2, 0) is 0 Å². The van der Waals surface area contributed by atoms with Gasteiger partial charge in [0.05, 0.1) is 12.6 Å². The van der Waals surface area contributed by atoms with Crippen LogP contribution in [-0.4, -0.2) is 12.5 Å². The van der Waals surface area contributed by atoms with E-state index in [2.05, 4.69) is 5.32 Å². The van der Waals surface area contributed by atoms with Gasteiger partial charge in [0.1, 0.15) is 5.75 Å². The van der Waals surface area contributed by atoms with E-state index in [0.717, 1.165) is 28.9 Å². The number of ether oxygens (including phenoxy) is 1. The van der Waals surface area contributed by atoms with Crippen LogP contribution < -0.4 is 10.1 Å². The van der Waals surface area contributed by atoms with Crippen LogP contribution in [0.25, 0.3) is 0 Å². The van der Waals surface area contributed by atoms with Crippen molar-refractivity contribution >= 4 is 5.91 Å². The Labute approximate surface area is 124 Å². The van der Waals surface area contributed by atoms with E-state index in [1.807, 2.05) is 56.3 Å². The molecular weight excluding hydrogens is 262 g/mol. The van der Waals surface area contributed by atoms with Gasteiger partial charge in [0.2, 0.25) is 0 Å². The SMILES string of the molecule is Cc1ccc(C(=O)NC2CCOc3ccccc32)c(C)c1. The normalized spacial score (nSPS) is 16.8. The molecule has 1 aliphatic heterocycles. The molecule has 1 N–H and O–H groups in total. The molecule has 1 unspecified atom stereocenters. The molecule has 1 amide bonds. The van der Waals surface area contributed by atoms with E-state index in [0.29, 0.717) is 6.61 Å². The number of rotatable bonds is 2. The molecule has 0 saturated heterocycles. The number of amides is 1. The smallest absolute Gasteiger partial charge is 0.252 e.